The fourth-order valence-electron chi connectivity index (χ4n) is 2.90. The molecule has 0 bridgehead atoms. The normalized spacial score (nSPS) is 18.5. The maximum Gasteiger partial charge on any atom is 0.326 e. The van der Waals surface area contributed by atoms with Crippen LogP contribution in [0.4, 0.5) is 0 Å². The van der Waals surface area contributed by atoms with Crippen molar-refractivity contribution in [2.45, 2.75) is 19.4 Å². The van der Waals surface area contributed by atoms with Gasteiger partial charge in [-0.1, -0.05) is 12.1 Å². The van der Waals surface area contributed by atoms with Crippen LogP contribution in [0, 0.1) is 5.92 Å². The average Bonchev–Trinajstić information content (AvgIpc) is 2.83. The number of hydrogen-bond donors (Lipinski definition) is 2. The number of rotatable bonds is 3. The Morgan fingerprint density at radius 2 is 2.09 bits per heavy atom. The van der Waals surface area contributed by atoms with E-state index in [1.807, 2.05) is 6.07 Å². The number of piperidine rings is 1. The minimum Gasteiger partial charge on any atom is -0.481 e. The van der Waals surface area contributed by atoms with Crippen molar-refractivity contribution in [2.24, 2.45) is 5.92 Å². The number of imidazole rings is 1. The Balaban J connectivity index is 1.80. The van der Waals surface area contributed by atoms with E-state index in [0.29, 0.717) is 30.4 Å². The number of nitrogens with one attached hydrogen (secondary N) is 1. The van der Waals surface area contributed by atoms with Gasteiger partial charge in [-0.05, 0) is 25.0 Å². The largest absolute Gasteiger partial charge is 0.481 e. The Morgan fingerprint density at radius 3 is 2.86 bits per heavy atom. The molecule has 7 nitrogen and oxygen atoms in total. The lowest BCUT2D eigenvalue weighted by atomic mass is 9.98. The standard InChI is InChI=1S/C15H17N3O4/c19-13(17-7-3-4-10(8-17)14(20)21)9-18-12-6-2-1-5-11(12)16-15(18)22/h1-2,5-6,10H,3-4,7-9H2,(H,16,22)(H,20,21). The molecule has 1 aromatic heterocycles. The number of carboxylic acids is 1. The van der Waals surface area contributed by atoms with Crippen LogP contribution in [0.5, 0.6) is 0 Å². The fourth-order valence-corrected chi connectivity index (χ4v) is 2.90. The second kappa shape index (κ2) is 5.67. The second-order valence-electron chi connectivity index (χ2n) is 5.55. The highest BCUT2D eigenvalue weighted by Crippen LogP contribution is 2.17. The Morgan fingerprint density at radius 1 is 1.32 bits per heavy atom. The number of amides is 1. The Kier molecular flexibility index (Phi) is 3.70. The van der Waals surface area contributed by atoms with Gasteiger partial charge in [-0.2, -0.15) is 0 Å². The van der Waals surface area contributed by atoms with Crippen LogP contribution >= 0.6 is 0 Å². The van der Waals surface area contributed by atoms with E-state index in [2.05, 4.69) is 4.98 Å². The molecule has 0 radical (unpaired) electrons. The molecule has 0 spiro atoms. The summed E-state index contributed by atoms with van der Waals surface area (Å²) in [6.07, 6.45) is 1.26. The molecule has 1 unspecified atom stereocenters. The first kappa shape index (κ1) is 14.4. The number of fused-ring (bicyclic) bond motifs is 1. The van der Waals surface area contributed by atoms with Gasteiger partial charge in [0.15, 0.2) is 0 Å². The number of benzene rings is 1. The maximum absolute atomic E-state index is 12.4. The van der Waals surface area contributed by atoms with Crippen LogP contribution in [0.3, 0.4) is 0 Å². The van der Waals surface area contributed by atoms with Crippen molar-refractivity contribution in [1.29, 1.82) is 0 Å². The lowest BCUT2D eigenvalue weighted by molar-refractivity contribution is -0.145. The number of likely N-dealkylation sites (tertiary alicyclic amines) is 1. The summed E-state index contributed by atoms with van der Waals surface area (Å²) in [6.45, 7) is 0.681. The molecule has 1 amide bonds. The zero-order valence-electron chi connectivity index (χ0n) is 12.0. The van der Waals surface area contributed by atoms with E-state index in [1.54, 1.807) is 18.2 Å². The molecule has 0 aliphatic carbocycles. The molecule has 2 aromatic rings. The van der Waals surface area contributed by atoms with Gasteiger partial charge >= 0.3 is 11.7 Å². The highest BCUT2D eigenvalue weighted by Gasteiger charge is 2.28. The summed E-state index contributed by atoms with van der Waals surface area (Å²) in [5.41, 5.74) is 1.02. The summed E-state index contributed by atoms with van der Waals surface area (Å²) in [7, 11) is 0. The van der Waals surface area contributed by atoms with Crippen molar-refractivity contribution < 1.29 is 14.7 Å². The Hall–Kier alpha value is -2.57. The molecule has 3 rings (SSSR count). The number of H-pyrrole nitrogens is 1. The summed E-state index contributed by atoms with van der Waals surface area (Å²) in [5.74, 6) is -1.61. The molecule has 7 heteroatoms. The summed E-state index contributed by atoms with van der Waals surface area (Å²) < 4.78 is 1.39. The Labute approximate surface area is 126 Å². The predicted octanol–water partition coefficient (Wildman–Crippen LogP) is 0.653. The highest BCUT2D eigenvalue weighted by molar-refractivity contribution is 5.81. The van der Waals surface area contributed by atoms with Crippen LogP contribution in [0.25, 0.3) is 11.0 Å². The van der Waals surface area contributed by atoms with Gasteiger partial charge < -0.3 is 15.0 Å². The maximum atomic E-state index is 12.4. The quantitative estimate of drug-likeness (QED) is 0.870. The number of para-hydroxylation sites is 2. The third-order valence-corrected chi connectivity index (χ3v) is 4.10. The van der Waals surface area contributed by atoms with Gasteiger partial charge in [0, 0.05) is 13.1 Å². The molecule has 1 atom stereocenters. The highest BCUT2D eigenvalue weighted by atomic mass is 16.4. The molecule has 2 N–H and O–H groups in total. The number of aromatic nitrogens is 2. The number of hydrogen-bond acceptors (Lipinski definition) is 3. The molecular weight excluding hydrogens is 286 g/mol. The summed E-state index contributed by atoms with van der Waals surface area (Å²) in [6, 6.07) is 7.17. The van der Waals surface area contributed by atoms with E-state index in [4.69, 9.17) is 5.11 Å². The number of carboxylic acid groups (broad SMARTS) is 1. The van der Waals surface area contributed by atoms with E-state index >= 15 is 0 Å². The number of aromatic amines is 1. The van der Waals surface area contributed by atoms with Gasteiger partial charge in [0.2, 0.25) is 5.91 Å². The van der Waals surface area contributed by atoms with Gasteiger partial charge in [0.05, 0.1) is 17.0 Å². The van der Waals surface area contributed by atoms with Crippen molar-refractivity contribution in [2.75, 3.05) is 13.1 Å². The van der Waals surface area contributed by atoms with E-state index in [0.717, 1.165) is 0 Å². The minimum absolute atomic E-state index is 0.0742. The lowest BCUT2D eigenvalue weighted by Gasteiger charge is -2.30. The first-order chi connectivity index (χ1) is 10.6. The lowest BCUT2D eigenvalue weighted by Crippen LogP contribution is -2.44. The average molecular weight is 303 g/mol. The summed E-state index contributed by atoms with van der Waals surface area (Å²) >= 11 is 0. The summed E-state index contributed by atoms with van der Waals surface area (Å²) in [4.78, 5) is 39.7. The fraction of sp³-hybridized carbons (Fsp3) is 0.400. The number of carbonyl (C=O) groups excluding carboxylic acids is 1. The van der Waals surface area contributed by atoms with Crippen LogP contribution in [0.2, 0.25) is 0 Å². The molecular formula is C15H17N3O4. The molecule has 116 valence electrons. The third-order valence-electron chi connectivity index (χ3n) is 4.10. The zero-order chi connectivity index (χ0) is 15.7. The van der Waals surface area contributed by atoms with Gasteiger partial charge in [0.1, 0.15) is 6.54 Å². The molecule has 1 aliphatic rings. The predicted molar refractivity (Wildman–Crippen MR) is 79.5 cm³/mol. The van der Waals surface area contributed by atoms with Gasteiger partial charge in [-0.15, -0.1) is 0 Å². The van der Waals surface area contributed by atoms with Crippen molar-refractivity contribution in [1.82, 2.24) is 14.5 Å². The first-order valence-corrected chi connectivity index (χ1v) is 7.24. The molecule has 2 heterocycles. The summed E-state index contributed by atoms with van der Waals surface area (Å²) in [5, 5.41) is 9.08. The monoisotopic (exact) mass is 303 g/mol. The van der Waals surface area contributed by atoms with Crippen LogP contribution in [-0.2, 0) is 16.1 Å². The zero-order valence-corrected chi connectivity index (χ0v) is 12.0. The second-order valence-corrected chi connectivity index (χ2v) is 5.55. The SMILES string of the molecule is O=C(O)C1CCCN(C(=O)Cn2c(=O)[nH]c3ccccc32)C1. The van der Waals surface area contributed by atoms with E-state index < -0.39 is 11.9 Å². The molecule has 1 aliphatic heterocycles. The van der Waals surface area contributed by atoms with E-state index in [9.17, 15) is 14.4 Å². The van der Waals surface area contributed by atoms with Gasteiger partial charge in [-0.3, -0.25) is 14.2 Å². The number of carbonyl (C=O) groups is 2. The first-order valence-electron chi connectivity index (χ1n) is 7.24. The van der Waals surface area contributed by atoms with Gasteiger partial charge in [0.25, 0.3) is 0 Å². The Bertz CT molecular complexity index is 776. The van der Waals surface area contributed by atoms with Crippen LogP contribution in [0.1, 0.15) is 12.8 Å². The number of aliphatic carboxylic acids is 1. The van der Waals surface area contributed by atoms with Crippen molar-refractivity contribution in [3.05, 3.63) is 34.7 Å². The third kappa shape index (κ3) is 2.61. The molecule has 1 saturated heterocycles. The van der Waals surface area contributed by atoms with Crippen molar-refractivity contribution >= 4 is 22.9 Å². The molecule has 1 fully saturated rings. The minimum atomic E-state index is -0.873. The molecule has 1 aromatic carbocycles. The van der Waals surface area contributed by atoms with E-state index in [1.165, 1.54) is 9.47 Å². The van der Waals surface area contributed by atoms with Crippen LogP contribution in [0.15, 0.2) is 29.1 Å². The van der Waals surface area contributed by atoms with Crippen LogP contribution < -0.4 is 5.69 Å². The topological polar surface area (TPSA) is 95.4 Å². The van der Waals surface area contributed by atoms with Gasteiger partial charge in [-0.25, -0.2) is 4.79 Å². The van der Waals surface area contributed by atoms with Crippen LogP contribution in [-0.4, -0.2) is 44.5 Å². The molecule has 0 saturated carbocycles. The smallest absolute Gasteiger partial charge is 0.326 e. The molecule has 22 heavy (non-hydrogen) atoms. The van der Waals surface area contributed by atoms with Crippen molar-refractivity contribution in [3.63, 3.8) is 0 Å². The van der Waals surface area contributed by atoms with E-state index in [-0.39, 0.29) is 24.7 Å². The van der Waals surface area contributed by atoms with Crippen molar-refractivity contribution in [3.8, 4) is 0 Å². The number of nitrogens with zero attached hydrogens (tertiary/aromatic N) is 2.